The average Bonchev–Trinajstić information content (AvgIpc) is 2.81. The molecule has 0 aliphatic heterocycles. The van der Waals surface area contributed by atoms with Gasteiger partial charge in [0.05, 0.1) is 26.8 Å². The number of benzene rings is 4. The van der Waals surface area contributed by atoms with Crippen molar-refractivity contribution in [2.24, 2.45) is 5.10 Å². The van der Waals surface area contributed by atoms with Crippen molar-refractivity contribution in [3.8, 4) is 5.75 Å². The lowest BCUT2D eigenvalue weighted by Crippen LogP contribution is -2.17. The van der Waals surface area contributed by atoms with Crippen molar-refractivity contribution in [2.45, 2.75) is 0 Å². The molecule has 0 fully saturated rings. The van der Waals surface area contributed by atoms with Crippen molar-refractivity contribution >= 4 is 75.3 Å². The van der Waals surface area contributed by atoms with Gasteiger partial charge < -0.3 is 4.74 Å². The number of fused-ring (bicyclic) bond motifs is 1. The van der Waals surface area contributed by atoms with Crippen LogP contribution in [0.15, 0.2) is 77.9 Å². The third-order valence-corrected chi connectivity index (χ3v) is 6.11. The molecule has 0 atom stereocenters. The van der Waals surface area contributed by atoms with Crippen LogP contribution in [0.3, 0.4) is 0 Å². The number of nitrogens with one attached hydrogen (secondary N) is 1. The Bertz CT molecular complexity index is 1450. The van der Waals surface area contributed by atoms with Gasteiger partial charge in [0.25, 0.3) is 5.91 Å². The van der Waals surface area contributed by atoms with Crippen LogP contribution in [0.5, 0.6) is 5.75 Å². The standard InChI is InChI=1S/C25H14Cl4N2O3/c26-16-7-8-18(21(28)12-16)25(33)34-23-10-6-14-3-1-2-4-17(14)19(23)13-30-31-24(32)15-5-9-20(27)22(29)11-15/h1-13H,(H,31,32)/b30-13+. The van der Waals surface area contributed by atoms with Crippen LogP contribution in [-0.2, 0) is 0 Å². The van der Waals surface area contributed by atoms with Gasteiger partial charge in [0.2, 0.25) is 0 Å². The predicted octanol–water partition coefficient (Wildman–Crippen LogP) is 7.44. The van der Waals surface area contributed by atoms with Gasteiger partial charge in [0.15, 0.2) is 0 Å². The second kappa shape index (κ2) is 10.5. The second-order valence-corrected chi connectivity index (χ2v) is 8.70. The molecule has 0 saturated carbocycles. The quantitative estimate of drug-likeness (QED) is 0.126. The van der Waals surface area contributed by atoms with Crippen LogP contribution in [0, 0.1) is 0 Å². The Hall–Kier alpha value is -3.09. The van der Waals surface area contributed by atoms with Gasteiger partial charge in [-0.25, -0.2) is 10.2 Å². The highest BCUT2D eigenvalue weighted by atomic mass is 35.5. The smallest absolute Gasteiger partial charge is 0.345 e. The molecule has 0 aliphatic carbocycles. The molecule has 0 spiro atoms. The van der Waals surface area contributed by atoms with E-state index in [1.54, 1.807) is 12.1 Å². The molecule has 9 heteroatoms. The predicted molar refractivity (Wildman–Crippen MR) is 137 cm³/mol. The highest BCUT2D eigenvalue weighted by molar-refractivity contribution is 6.42. The van der Waals surface area contributed by atoms with Crippen LogP contribution >= 0.6 is 46.4 Å². The largest absolute Gasteiger partial charge is 0.422 e. The number of esters is 1. The highest BCUT2D eigenvalue weighted by Gasteiger charge is 2.16. The lowest BCUT2D eigenvalue weighted by Gasteiger charge is -2.11. The maximum absolute atomic E-state index is 12.8. The van der Waals surface area contributed by atoms with Crippen LogP contribution in [0.1, 0.15) is 26.3 Å². The molecule has 170 valence electrons. The lowest BCUT2D eigenvalue weighted by atomic mass is 10.0. The number of carbonyl (C=O) groups excluding carboxylic acids is 2. The zero-order chi connectivity index (χ0) is 24.2. The van der Waals surface area contributed by atoms with Crippen molar-refractivity contribution in [3.63, 3.8) is 0 Å². The Labute approximate surface area is 214 Å². The summed E-state index contributed by atoms with van der Waals surface area (Å²) in [6.07, 6.45) is 1.41. The first-order chi connectivity index (χ1) is 16.3. The molecule has 4 rings (SSSR count). The fourth-order valence-electron chi connectivity index (χ4n) is 3.16. The number of ether oxygens (including phenoxy) is 1. The summed E-state index contributed by atoms with van der Waals surface area (Å²) < 4.78 is 5.63. The molecule has 0 saturated heterocycles. The number of amides is 1. The molecule has 1 N–H and O–H groups in total. The van der Waals surface area contributed by atoms with Crippen molar-refractivity contribution in [2.75, 3.05) is 0 Å². The Morgan fingerprint density at radius 1 is 0.824 bits per heavy atom. The van der Waals surface area contributed by atoms with E-state index in [2.05, 4.69) is 10.5 Å². The number of hydrogen-bond donors (Lipinski definition) is 1. The van der Waals surface area contributed by atoms with Gasteiger partial charge in [-0.2, -0.15) is 5.10 Å². The Balaban J connectivity index is 1.64. The lowest BCUT2D eigenvalue weighted by molar-refractivity contribution is 0.0734. The summed E-state index contributed by atoms with van der Waals surface area (Å²) >= 11 is 23.9. The van der Waals surface area contributed by atoms with Crippen molar-refractivity contribution in [1.29, 1.82) is 0 Å². The summed E-state index contributed by atoms with van der Waals surface area (Å²) in [4.78, 5) is 25.2. The number of rotatable bonds is 5. The first-order valence-electron chi connectivity index (χ1n) is 9.81. The molecule has 34 heavy (non-hydrogen) atoms. The van der Waals surface area contributed by atoms with Crippen molar-refractivity contribution in [1.82, 2.24) is 5.43 Å². The summed E-state index contributed by atoms with van der Waals surface area (Å²) in [5.41, 5.74) is 3.38. The van der Waals surface area contributed by atoms with Gasteiger partial charge in [-0.15, -0.1) is 0 Å². The molecule has 0 radical (unpaired) electrons. The third kappa shape index (κ3) is 5.34. The highest BCUT2D eigenvalue weighted by Crippen LogP contribution is 2.29. The molecular formula is C25H14Cl4N2O3. The van der Waals surface area contributed by atoms with Crippen LogP contribution < -0.4 is 10.2 Å². The van der Waals surface area contributed by atoms with E-state index in [1.807, 2.05) is 30.3 Å². The van der Waals surface area contributed by atoms with E-state index < -0.39 is 11.9 Å². The van der Waals surface area contributed by atoms with E-state index in [0.29, 0.717) is 15.6 Å². The maximum atomic E-state index is 12.8. The van der Waals surface area contributed by atoms with Crippen molar-refractivity contribution < 1.29 is 14.3 Å². The average molecular weight is 532 g/mol. The van der Waals surface area contributed by atoms with E-state index in [4.69, 9.17) is 51.1 Å². The van der Waals surface area contributed by atoms with Gasteiger partial charge in [-0.05, 0) is 53.2 Å². The zero-order valence-corrected chi connectivity index (χ0v) is 20.2. The number of hydrazone groups is 1. The molecule has 5 nitrogen and oxygen atoms in total. The van der Waals surface area contributed by atoms with E-state index in [-0.39, 0.29) is 26.9 Å². The van der Waals surface area contributed by atoms with E-state index in [0.717, 1.165) is 10.8 Å². The fraction of sp³-hybridized carbons (Fsp3) is 0. The van der Waals surface area contributed by atoms with Crippen LogP contribution in [0.2, 0.25) is 20.1 Å². The van der Waals surface area contributed by atoms with Gasteiger partial charge in [-0.1, -0.05) is 76.7 Å². The number of carbonyl (C=O) groups is 2. The summed E-state index contributed by atoms with van der Waals surface area (Å²) in [5, 5.41) is 6.87. The molecule has 0 bridgehead atoms. The number of nitrogens with zero attached hydrogens (tertiary/aromatic N) is 1. The Morgan fingerprint density at radius 2 is 1.62 bits per heavy atom. The molecule has 0 unspecified atom stereocenters. The second-order valence-electron chi connectivity index (χ2n) is 7.04. The Morgan fingerprint density at radius 3 is 2.38 bits per heavy atom. The van der Waals surface area contributed by atoms with Crippen LogP contribution in [0.4, 0.5) is 0 Å². The summed E-state index contributed by atoms with van der Waals surface area (Å²) in [6.45, 7) is 0. The van der Waals surface area contributed by atoms with Gasteiger partial charge in [0, 0.05) is 16.1 Å². The third-order valence-electron chi connectivity index (χ3n) is 4.83. The zero-order valence-electron chi connectivity index (χ0n) is 17.2. The fourth-order valence-corrected chi connectivity index (χ4v) is 3.95. The minimum Gasteiger partial charge on any atom is -0.422 e. The van der Waals surface area contributed by atoms with E-state index in [9.17, 15) is 9.59 Å². The molecule has 1 amide bonds. The normalized spacial score (nSPS) is 11.1. The monoisotopic (exact) mass is 530 g/mol. The summed E-state index contributed by atoms with van der Waals surface area (Å²) in [5.74, 6) is -0.907. The molecule has 0 heterocycles. The van der Waals surface area contributed by atoms with Gasteiger partial charge in [0.1, 0.15) is 5.75 Å². The Kier molecular flexibility index (Phi) is 7.39. The summed E-state index contributed by atoms with van der Waals surface area (Å²) in [6, 6.07) is 19.9. The van der Waals surface area contributed by atoms with Gasteiger partial charge in [-0.3, -0.25) is 4.79 Å². The van der Waals surface area contributed by atoms with Crippen molar-refractivity contribution in [3.05, 3.63) is 110 Å². The molecular weight excluding hydrogens is 518 g/mol. The molecule has 4 aromatic rings. The number of halogens is 4. The van der Waals surface area contributed by atoms with E-state index >= 15 is 0 Å². The van der Waals surface area contributed by atoms with E-state index in [1.165, 1.54) is 36.5 Å². The van der Waals surface area contributed by atoms with Crippen LogP contribution in [-0.4, -0.2) is 18.1 Å². The topological polar surface area (TPSA) is 67.8 Å². The summed E-state index contributed by atoms with van der Waals surface area (Å²) in [7, 11) is 0. The minimum atomic E-state index is -0.661. The van der Waals surface area contributed by atoms with Gasteiger partial charge >= 0.3 is 5.97 Å². The SMILES string of the molecule is O=C(N/N=C/c1c(OC(=O)c2ccc(Cl)cc2Cl)ccc2ccccc12)c1ccc(Cl)c(Cl)c1. The minimum absolute atomic E-state index is 0.162. The maximum Gasteiger partial charge on any atom is 0.345 e. The number of hydrogen-bond acceptors (Lipinski definition) is 4. The first kappa shape index (κ1) is 24.0. The molecule has 0 aliphatic rings. The van der Waals surface area contributed by atoms with Crippen LogP contribution in [0.25, 0.3) is 10.8 Å². The first-order valence-corrected chi connectivity index (χ1v) is 11.3. The molecule has 4 aromatic carbocycles. The molecule has 0 aromatic heterocycles.